The Hall–Kier alpha value is -5.19. The number of hydrogen-bond acceptors (Lipinski definition) is 5. The predicted molar refractivity (Wildman–Crippen MR) is 179 cm³/mol. The van der Waals surface area contributed by atoms with Gasteiger partial charge in [-0.15, -0.1) is 0 Å². The molecule has 4 rings (SSSR count). The first-order valence-electron chi connectivity index (χ1n) is 17.2. The Bertz CT molecular complexity index is 2050. The third-order valence-electron chi connectivity index (χ3n) is 9.48. The van der Waals surface area contributed by atoms with Gasteiger partial charge in [0.05, 0.1) is 44.2 Å². The van der Waals surface area contributed by atoms with Gasteiger partial charge in [0.15, 0.2) is 0 Å². The Labute approximate surface area is 333 Å². The van der Waals surface area contributed by atoms with Gasteiger partial charge in [-0.2, -0.15) is 74.6 Å². The fourth-order valence-electron chi connectivity index (χ4n) is 6.03. The average Bonchev–Trinajstić information content (AvgIpc) is 3.25. The number of alkyl halides is 17. The predicted octanol–water partition coefficient (Wildman–Crippen LogP) is 10.4. The summed E-state index contributed by atoms with van der Waals surface area (Å²) in [5, 5.41) is 2.74. The van der Waals surface area contributed by atoms with Gasteiger partial charge in [0.2, 0.25) is 5.91 Å². The molecule has 0 aromatic heterocycles. The largest absolute Gasteiger partial charge is 0.496 e. The molecular weight excluding hydrogens is 875 g/mol. The van der Waals surface area contributed by atoms with Crippen molar-refractivity contribution in [1.82, 2.24) is 4.90 Å². The maximum Gasteiger partial charge on any atom is 0.460 e. The van der Waals surface area contributed by atoms with Gasteiger partial charge >= 0.3 is 47.6 Å². The molecule has 0 saturated heterocycles. The van der Waals surface area contributed by atoms with Crippen molar-refractivity contribution in [3.05, 3.63) is 82.9 Å². The van der Waals surface area contributed by atoms with E-state index >= 15 is 0 Å². The molecule has 1 aliphatic heterocycles. The third-order valence-corrected chi connectivity index (χ3v) is 9.48. The van der Waals surface area contributed by atoms with Crippen LogP contribution in [0.1, 0.15) is 39.9 Å². The van der Waals surface area contributed by atoms with E-state index in [-0.39, 0.29) is 34.7 Å². The Morgan fingerprint density at radius 1 is 0.656 bits per heavy atom. The minimum Gasteiger partial charge on any atom is -0.496 e. The van der Waals surface area contributed by atoms with Gasteiger partial charge in [-0.05, 0) is 36.6 Å². The number of anilines is 1. The smallest absolute Gasteiger partial charge is 0.460 e. The monoisotopic (exact) mass is 906 g/mol. The highest BCUT2D eigenvalue weighted by molar-refractivity contribution is 6.10. The summed E-state index contributed by atoms with van der Waals surface area (Å²) >= 11 is 0. The number of aryl methyl sites for hydroxylation is 1. The lowest BCUT2D eigenvalue weighted by Gasteiger charge is -2.42. The normalized spacial score (nSPS) is 16.2. The van der Waals surface area contributed by atoms with Crippen LogP contribution in [0, 0.1) is 6.92 Å². The number of nitrogens with one attached hydrogen (secondary N) is 1. The van der Waals surface area contributed by atoms with Gasteiger partial charge in [0.25, 0.3) is 5.91 Å². The molecule has 7 nitrogen and oxygen atoms in total. The number of carbonyl (C=O) groups is 2. The van der Waals surface area contributed by atoms with Crippen LogP contribution in [0.2, 0.25) is 0 Å². The van der Waals surface area contributed by atoms with Gasteiger partial charge < -0.3 is 24.4 Å². The summed E-state index contributed by atoms with van der Waals surface area (Å²) in [7, 11) is 2.20. The molecule has 0 aliphatic carbocycles. The number of rotatable bonds is 17. The molecule has 1 unspecified atom stereocenters. The SMILES string of the molecule is COc1cc(OCCCC(F)(F)C(F)(F)C(F)(F)C(F)(F)C(F)(F)C(F)(F)C(F)(F)C(F)(F)F)cc(OC)c1CN1C(=O)c2ccc(C)cc2NC(=O)C1Cc1ccccc1. The van der Waals surface area contributed by atoms with E-state index in [1.165, 1.54) is 11.0 Å². The molecule has 3 aromatic rings. The van der Waals surface area contributed by atoms with Crippen molar-refractivity contribution < 1.29 is 98.4 Å². The first-order chi connectivity index (χ1) is 27.8. The van der Waals surface area contributed by atoms with Crippen LogP contribution in [0.3, 0.4) is 0 Å². The second-order valence-electron chi connectivity index (χ2n) is 13.6. The van der Waals surface area contributed by atoms with Crippen LogP contribution in [0.5, 0.6) is 17.2 Å². The van der Waals surface area contributed by atoms with Crippen molar-refractivity contribution in [1.29, 1.82) is 0 Å². The van der Waals surface area contributed by atoms with E-state index in [2.05, 4.69) is 5.32 Å². The number of nitrogens with zero attached hydrogens (tertiary/aromatic N) is 1. The zero-order valence-electron chi connectivity index (χ0n) is 31.3. The Balaban J connectivity index is 1.57. The Morgan fingerprint density at radius 3 is 1.67 bits per heavy atom. The van der Waals surface area contributed by atoms with Crippen molar-refractivity contribution in [3.63, 3.8) is 0 Å². The van der Waals surface area contributed by atoms with Crippen molar-refractivity contribution in [3.8, 4) is 17.2 Å². The molecule has 1 atom stereocenters. The highest BCUT2D eigenvalue weighted by Crippen LogP contribution is 2.64. The maximum absolute atomic E-state index is 14.5. The number of halogens is 17. The lowest BCUT2D eigenvalue weighted by molar-refractivity contribution is -0.461. The first-order valence-corrected chi connectivity index (χ1v) is 17.2. The standard InChI is InChI=1S/C37H31F17N2O5/c1-19-10-11-22-24(14-19)55-28(57)25(15-20-8-5-4-6-9-20)56(29(22)58)18-23-26(59-2)16-21(17-27(23)60-3)61-13-7-12-30(38,39)31(40,41)32(42,43)33(44,45)34(46,47)35(48,49)36(50,51)37(52,53)54/h4-6,8-11,14,16-17,25H,7,12-13,15,18H2,1-3H3,(H,55,57). The van der Waals surface area contributed by atoms with Gasteiger partial charge in [-0.1, -0.05) is 36.4 Å². The van der Waals surface area contributed by atoms with Crippen LogP contribution in [-0.4, -0.2) is 91.2 Å². The van der Waals surface area contributed by atoms with E-state index in [0.717, 1.165) is 26.4 Å². The van der Waals surface area contributed by atoms with Crippen LogP contribution >= 0.6 is 0 Å². The summed E-state index contributed by atoms with van der Waals surface area (Å²) in [6, 6.07) is 14.1. The van der Waals surface area contributed by atoms with Gasteiger partial charge in [-0.3, -0.25) is 9.59 Å². The van der Waals surface area contributed by atoms with E-state index < -0.39 is 97.2 Å². The quantitative estimate of drug-likeness (QED) is 0.108. The summed E-state index contributed by atoms with van der Waals surface area (Å²) < 4.78 is 248. The van der Waals surface area contributed by atoms with Crippen LogP contribution in [0.4, 0.5) is 80.3 Å². The molecule has 1 aliphatic rings. The molecule has 3 aromatic carbocycles. The lowest BCUT2D eigenvalue weighted by Crippen LogP contribution is -2.74. The van der Waals surface area contributed by atoms with E-state index in [4.69, 9.17) is 14.2 Å². The molecule has 0 radical (unpaired) electrons. The van der Waals surface area contributed by atoms with Crippen molar-refractivity contribution >= 4 is 17.5 Å². The molecule has 0 bridgehead atoms. The number of methoxy groups -OCH3 is 2. The van der Waals surface area contributed by atoms with E-state index in [9.17, 15) is 84.2 Å². The number of benzene rings is 3. The van der Waals surface area contributed by atoms with Gasteiger partial charge in [0, 0.05) is 25.0 Å². The molecule has 0 spiro atoms. The van der Waals surface area contributed by atoms with Crippen LogP contribution in [0.25, 0.3) is 0 Å². The van der Waals surface area contributed by atoms with Crippen LogP contribution < -0.4 is 19.5 Å². The fourth-order valence-corrected chi connectivity index (χ4v) is 6.03. The Kier molecular flexibility index (Phi) is 13.2. The average molecular weight is 907 g/mol. The zero-order valence-corrected chi connectivity index (χ0v) is 31.3. The topological polar surface area (TPSA) is 77.1 Å². The second kappa shape index (κ2) is 16.6. The summed E-state index contributed by atoms with van der Waals surface area (Å²) in [4.78, 5) is 28.9. The maximum atomic E-state index is 14.5. The summed E-state index contributed by atoms with van der Waals surface area (Å²) in [6.07, 6.45) is -12.1. The van der Waals surface area contributed by atoms with E-state index in [1.807, 2.05) is 0 Å². The molecule has 338 valence electrons. The lowest BCUT2D eigenvalue weighted by atomic mass is 9.88. The third kappa shape index (κ3) is 8.41. The number of ether oxygens (including phenoxy) is 3. The number of amides is 2. The van der Waals surface area contributed by atoms with Crippen LogP contribution in [0.15, 0.2) is 60.7 Å². The molecule has 24 heteroatoms. The van der Waals surface area contributed by atoms with Crippen LogP contribution in [-0.2, 0) is 17.8 Å². The highest BCUT2D eigenvalue weighted by atomic mass is 19.4. The molecular formula is C37H31F17N2O5. The molecule has 1 heterocycles. The highest BCUT2D eigenvalue weighted by Gasteiger charge is 2.95. The zero-order chi connectivity index (χ0) is 46.4. The molecule has 0 fully saturated rings. The first kappa shape index (κ1) is 48.5. The van der Waals surface area contributed by atoms with Gasteiger partial charge in [-0.25, -0.2) is 0 Å². The van der Waals surface area contributed by atoms with E-state index in [1.54, 1.807) is 49.4 Å². The van der Waals surface area contributed by atoms with Crippen molar-refractivity contribution in [2.45, 2.75) is 86.4 Å². The number of carbonyl (C=O) groups excluding carboxylic acids is 2. The van der Waals surface area contributed by atoms with E-state index in [0.29, 0.717) is 11.1 Å². The fraction of sp³-hybridized carbons (Fsp3) is 0.459. The summed E-state index contributed by atoms with van der Waals surface area (Å²) in [5.41, 5.74) is 1.74. The molecule has 2 amide bonds. The molecule has 0 saturated carbocycles. The summed E-state index contributed by atoms with van der Waals surface area (Å²) in [6.45, 7) is 0.0908. The molecule has 61 heavy (non-hydrogen) atoms. The molecule has 1 N–H and O–H groups in total. The second-order valence-corrected chi connectivity index (χ2v) is 13.6. The minimum atomic E-state index is -8.71. The van der Waals surface area contributed by atoms with Crippen molar-refractivity contribution in [2.24, 2.45) is 0 Å². The Morgan fingerprint density at radius 2 is 1.16 bits per heavy atom. The van der Waals surface area contributed by atoms with Gasteiger partial charge in [0.1, 0.15) is 23.3 Å². The minimum absolute atomic E-state index is 0.00731. The summed E-state index contributed by atoms with van der Waals surface area (Å²) in [5.74, 6) is -59.0. The van der Waals surface area contributed by atoms with Crippen molar-refractivity contribution in [2.75, 3.05) is 26.1 Å². The number of fused-ring (bicyclic) bond motifs is 1. The number of hydrogen-bond donors (Lipinski definition) is 1.